The second-order valence-corrected chi connectivity index (χ2v) is 5.78. The second-order valence-electron chi connectivity index (χ2n) is 5.34. The van der Waals surface area contributed by atoms with Crippen molar-refractivity contribution in [1.29, 1.82) is 0 Å². The molecule has 0 atom stereocenters. The summed E-state index contributed by atoms with van der Waals surface area (Å²) >= 11 is 6.19. The van der Waals surface area contributed by atoms with Gasteiger partial charge in [0.1, 0.15) is 0 Å². The molecule has 112 valence electrons. The SMILES string of the molecule is CCCNCc1ccc(Cl)cc1N(C)c1ccc(C)cc1. The third kappa shape index (κ3) is 4.23. The van der Waals surface area contributed by atoms with Crippen molar-refractivity contribution in [1.82, 2.24) is 5.32 Å². The van der Waals surface area contributed by atoms with E-state index in [4.69, 9.17) is 11.6 Å². The first kappa shape index (κ1) is 15.9. The summed E-state index contributed by atoms with van der Waals surface area (Å²) in [5.41, 5.74) is 4.84. The summed E-state index contributed by atoms with van der Waals surface area (Å²) in [5, 5.41) is 4.22. The molecule has 2 aromatic rings. The zero-order valence-electron chi connectivity index (χ0n) is 13.0. The molecular formula is C18H23ClN2. The van der Waals surface area contributed by atoms with Gasteiger partial charge in [-0.25, -0.2) is 0 Å². The fourth-order valence-electron chi connectivity index (χ4n) is 2.31. The van der Waals surface area contributed by atoms with Crippen LogP contribution in [-0.4, -0.2) is 13.6 Å². The molecule has 0 saturated heterocycles. The molecule has 2 aromatic carbocycles. The van der Waals surface area contributed by atoms with Gasteiger partial charge in [-0.3, -0.25) is 0 Å². The first-order chi connectivity index (χ1) is 10.1. The van der Waals surface area contributed by atoms with Crippen molar-refractivity contribution < 1.29 is 0 Å². The fourth-order valence-corrected chi connectivity index (χ4v) is 2.47. The molecule has 21 heavy (non-hydrogen) atoms. The normalized spacial score (nSPS) is 10.7. The van der Waals surface area contributed by atoms with Gasteiger partial charge in [-0.1, -0.05) is 42.3 Å². The molecule has 0 fully saturated rings. The summed E-state index contributed by atoms with van der Waals surface area (Å²) in [6, 6.07) is 14.6. The van der Waals surface area contributed by atoms with Crippen molar-refractivity contribution in [3.63, 3.8) is 0 Å². The lowest BCUT2D eigenvalue weighted by molar-refractivity contribution is 0.675. The van der Waals surface area contributed by atoms with Crippen molar-refractivity contribution in [3.8, 4) is 0 Å². The molecule has 0 saturated carbocycles. The Labute approximate surface area is 132 Å². The number of benzene rings is 2. The maximum Gasteiger partial charge on any atom is 0.0468 e. The maximum absolute atomic E-state index is 6.19. The zero-order valence-corrected chi connectivity index (χ0v) is 13.7. The molecule has 0 heterocycles. The number of hydrogen-bond acceptors (Lipinski definition) is 2. The molecule has 3 heteroatoms. The molecule has 2 rings (SSSR count). The molecule has 0 aliphatic rings. The summed E-state index contributed by atoms with van der Waals surface area (Å²) in [6.45, 7) is 6.16. The van der Waals surface area contributed by atoms with Crippen LogP contribution in [0.15, 0.2) is 42.5 Å². The van der Waals surface area contributed by atoms with E-state index in [1.54, 1.807) is 0 Å². The molecule has 0 bridgehead atoms. The van der Waals surface area contributed by atoms with Gasteiger partial charge in [0.15, 0.2) is 0 Å². The Morgan fingerprint density at radius 2 is 1.81 bits per heavy atom. The largest absolute Gasteiger partial charge is 0.344 e. The third-order valence-corrected chi connectivity index (χ3v) is 3.81. The average molecular weight is 303 g/mol. The molecule has 0 aromatic heterocycles. The van der Waals surface area contributed by atoms with E-state index in [2.05, 4.69) is 61.4 Å². The van der Waals surface area contributed by atoms with Crippen LogP contribution >= 0.6 is 11.6 Å². The Bertz CT molecular complexity index is 578. The van der Waals surface area contributed by atoms with Crippen LogP contribution in [0.4, 0.5) is 11.4 Å². The maximum atomic E-state index is 6.19. The van der Waals surface area contributed by atoms with Gasteiger partial charge in [-0.05, 0) is 49.7 Å². The van der Waals surface area contributed by atoms with Gasteiger partial charge in [0.2, 0.25) is 0 Å². The number of aryl methyl sites for hydroxylation is 1. The fraction of sp³-hybridized carbons (Fsp3) is 0.333. The molecule has 0 aliphatic carbocycles. The summed E-state index contributed by atoms with van der Waals surface area (Å²) in [6.07, 6.45) is 1.14. The van der Waals surface area contributed by atoms with Gasteiger partial charge in [0.05, 0.1) is 0 Å². The van der Waals surface area contributed by atoms with Gasteiger partial charge in [0, 0.05) is 30.0 Å². The van der Waals surface area contributed by atoms with Crippen LogP contribution in [0.5, 0.6) is 0 Å². The van der Waals surface area contributed by atoms with E-state index in [0.29, 0.717) is 0 Å². The Balaban J connectivity index is 2.27. The van der Waals surface area contributed by atoms with E-state index >= 15 is 0 Å². The van der Waals surface area contributed by atoms with Crippen LogP contribution in [0.3, 0.4) is 0 Å². The molecule has 1 N–H and O–H groups in total. The lowest BCUT2D eigenvalue weighted by atomic mass is 10.1. The van der Waals surface area contributed by atoms with Crippen LogP contribution < -0.4 is 10.2 Å². The van der Waals surface area contributed by atoms with E-state index in [9.17, 15) is 0 Å². The highest BCUT2D eigenvalue weighted by Gasteiger charge is 2.10. The first-order valence-electron chi connectivity index (χ1n) is 7.41. The number of halogens is 1. The molecule has 0 amide bonds. The van der Waals surface area contributed by atoms with Crippen molar-refractivity contribution in [3.05, 3.63) is 58.6 Å². The van der Waals surface area contributed by atoms with Crippen molar-refractivity contribution in [2.75, 3.05) is 18.5 Å². The van der Waals surface area contributed by atoms with Gasteiger partial charge >= 0.3 is 0 Å². The number of anilines is 2. The monoisotopic (exact) mass is 302 g/mol. The average Bonchev–Trinajstić information content (AvgIpc) is 2.49. The van der Waals surface area contributed by atoms with Crippen LogP contribution in [-0.2, 0) is 6.54 Å². The lowest BCUT2D eigenvalue weighted by Gasteiger charge is -2.23. The van der Waals surface area contributed by atoms with E-state index in [-0.39, 0.29) is 0 Å². The number of hydrogen-bond donors (Lipinski definition) is 1. The Kier molecular flexibility index (Phi) is 5.66. The van der Waals surface area contributed by atoms with Crippen LogP contribution in [0.25, 0.3) is 0 Å². The predicted molar refractivity (Wildman–Crippen MR) is 92.7 cm³/mol. The van der Waals surface area contributed by atoms with Crippen LogP contribution in [0, 0.1) is 6.92 Å². The Morgan fingerprint density at radius 3 is 2.48 bits per heavy atom. The van der Waals surface area contributed by atoms with E-state index in [0.717, 1.165) is 30.2 Å². The quantitative estimate of drug-likeness (QED) is 0.762. The molecule has 0 spiro atoms. The van der Waals surface area contributed by atoms with E-state index in [1.165, 1.54) is 16.8 Å². The number of rotatable bonds is 6. The minimum atomic E-state index is 0.767. The highest BCUT2D eigenvalue weighted by Crippen LogP contribution is 2.30. The Morgan fingerprint density at radius 1 is 1.10 bits per heavy atom. The van der Waals surface area contributed by atoms with E-state index in [1.807, 2.05) is 12.1 Å². The second kappa shape index (κ2) is 7.48. The molecule has 0 unspecified atom stereocenters. The minimum Gasteiger partial charge on any atom is -0.344 e. The van der Waals surface area contributed by atoms with E-state index < -0.39 is 0 Å². The third-order valence-electron chi connectivity index (χ3n) is 3.57. The summed E-state index contributed by atoms with van der Waals surface area (Å²) in [5.74, 6) is 0. The van der Waals surface area contributed by atoms with Crippen molar-refractivity contribution in [2.45, 2.75) is 26.8 Å². The summed E-state index contributed by atoms with van der Waals surface area (Å²) in [7, 11) is 2.08. The van der Waals surface area contributed by atoms with Gasteiger partial charge in [0.25, 0.3) is 0 Å². The number of nitrogens with one attached hydrogen (secondary N) is 1. The highest BCUT2D eigenvalue weighted by molar-refractivity contribution is 6.30. The summed E-state index contributed by atoms with van der Waals surface area (Å²) in [4.78, 5) is 2.19. The topological polar surface area (TPSA) is 15.3 Å². The standard InChI is InChI=1S/C18H23ClN2/c1-4-11-20-13-15-7-8-16(19)12-18(15)21(3)17-9-5-14(2)6-10-17/h5-10,12,20H,4,11,13H2,1-3H3. The smallest absolute Gasteiger partial charge is 0.0468 e. The molecule has 0 radical (unpaired) electrons. The van der Waals surface area contributed by atoms with Crippen LogP contribution in [0.2, 0.25) is 5.02 Å². The van der Waals surface area contributed by atoms with Crippen molar-refractivity contribution >= 4 is 23.0 Å². The molecule has 0 aliphatic heterocycles. The van der Waals surface area contributed by atoms with Gasteiger partial charge in [-0.15, -0.1) is 0 Å². The van der Waals surface area contributed by atoms with Gasteiger partial charge in [-0.2, -0.15) is 0 Å². The Hall–Kier alpha value is -1.51. The zero-order chi connectivity index (χ0) is 15.2. The van der Waals surface area contributed by atoms with Crippen LogP contribution in [0.1, 0.15) is 24.5 Å². The lowest BCUT2D eigenvalue weighted by Crippen LogP contribution is -2.18. The summed E-state index contributed by atoms with van der Waals surface area (Å²) < 4.78 is 0. The predicted octanol–water partition coefficient (Wildman–Crippen LogP) is 4.92. The minimum absolute atomic E-state index is 0.767. The number of nitrogens with zero attached hydrogens (tertiary/aromatic N) is 1. The highest BCUT2D eigenvalue weighted by atomic mass is 35.5. The first-order valence-corrected chi connectivity index (χ1v) is 7.79. The molecule has 2 nitrogen and oxygen atoms in total. The van der Waals surface area contributed by atoms with Gasteiger partial charge < -0.3 is 10.2 Å². The van der Waals surface area contributed by atoms with Crippen molar-refractivity contribution in [2.24, 2.45) is 0 Å². The molecular weight excluding hydrogens is 280 g/mol.